The van der Waals surface area contributed by atoms with Crippen molar-refractivity contribution < 1.29 is 0 Å². The molecule has 0 radical (unpaired) electrons. The molecular formula is C20H18N6O. The highest BCUT2D eigenvalue weighted by molar-refractivity contribution is 6.32. The summed E-state index contributed by atoms with van der Waals surface area (Å²) in [6, 6.07) is 14.7. The summed E-state index contributed by atoms with van der Waals surface area (Å²) in [4.78, 5) is 16.4. The first-order valence-corrected chi connectivity index (χ1v) is 8.24. The molecule has 0 saturated carbocycles. The van der Waals surface area contributed by atoms with Gasteiger partial charge in [-0.1, -0.05) is 24.3 Å². The number of fused-ring (bicyclic) bond motifs is 1. The average Bonchev–Trinajstić information content (AvgIpc) is 2.72. The number of aromatic amines is 1. The van der Waals surface area contributed by atoms with Gasteiger partial charge in [-0.3, -0.25) is 9.79 Å². The summed E-state index contributed by atoms with van der Waals surface area (Å²) in [6.07, 6.45) is 1.44. The second kappa shape index (κ2) is 7.64. The van der Waals surface area contributed by atoms with Gasteiger partial charge in [0.15, 0.2) is 0 Å². The van der Waals surface area contributed by atoms with Crippen LogP contribution in [-0.4, -0.2) is 23.0 Å². The lowest BCUT2D eigenvalue weighted by molar-refractivity contribution is 0.900. The van der Waals surface area contributed by atoms with Gasteiger partial charge in [0.25, 0.3) is 5.56 Å². The van der Waals surface area contributed by atoms with E-state index in [4.69, 9.17) is 11.5 Å². The Morgan fingerprint density at radius 3 is 2.74 bits per heavy atom. The van der Waals surface area contributed by atoms with Crippen molar-refractivity contribution in [1.82, 2.24) is 10.2 Å². The summed E-state index contributed by atoms with van der Waals surface area (Å²) in [5.41, 5.74) is 15.1. The third-order valence-corrected chi connectivity index (χ3v) is 4.32. The standard InChI is InChI=1S/C20H18N6O/c1-24-19(14-5-3-2-4-13(14)9-21)17(10-22)12-6-7-15-16(8-12)18(11-23)25-26-20(15)27/h2-8,10H,11,22-23H2,1H3,(H,26,27)/b17-10-,24-19?. The third kappa shape index (κ3) is 3.21. The van der Waals surface area contributed by atoms with E-state index < -0.39 is 0 Å². The fourth-order valence-electron chi connectivity index (χ4n) is 3.03. The van der Waals surface area contributed by atoms with Crippen LogP contribution < -0.4 is 17.0 Å². The molecule has 0 aliphatic rings. The lowest BCUT2D eigenvalue weighted by atomic mass is 9.92. The minimum absolute atomic E-state index is 0.185. The van der Waals surface area contributed by atoms with E-state index in [0.29, 0.717) is 38.9 Å². The van der Waals surface area contributed by atoms with Crippen LogP contribution in [0.5, 0.6) is 0 Å². The van der Waals surface area contributed by atoms with E-state index in [9.17, 15) is 10.1 Å². The lowest BCUT2D eigenvalue weighted by Gasteiger charge is -2.13. The average molecular weight is 358 g/mol. The van der Waals surface area contributed by atoms with E-state index in [-0.39, 0.29) is 12.1 Å². The van der Waals surface area contributed by atoms with Gasteiger partial charge in [-0.15, -0.1) is 0 Å². The molecule has 0 amide bonds. The number of benzene rings is 2. The second-order valence-corrected chi connectivity index (χ2v) is 5.77. The maximum Gasteiger partial charge on any atom is 0.272 e. The van der Waals surface area contributed by atoms with Crippen molar-refractivity contribution in [2.24, 2.45) is 16.5 Å². The third-order valence-electron chi connectivity index (χ3n) is 4.32. The van der Waals surface area contributed by atoms with Crippen molar-refractivity contribution in [3.05, 3.63) is 81.4 Å². The van der Waals surface area contributed by atoms with Gasteiger partial charge in [0.2, 0.25) is 0 Å². The number of nitrogens with two attached hydrogens (primary N) is 2. The molecule has 0 aliphatic heterocycles. The fraction of sp³-hybridized carbons (Fsp3) is 0.100. The number of aliphatic imine (C=N–C) groups is 1. The van der Waals surface area contributed by atoms with Crippen molar-refractivity contribution >= 4 is 22.1 Å². The maximum absolute atomic E-state index is 12.0. The highest BCUT2D eigenvalue weighted by Gasteiger charge is 2.16. The van der Waals surface area contributed by atoms with Crippen LogP contribution in [0.3, 0.4) is 0 Å². The molecule has 0 unspecified atom stereocenters. The molecule has 0 bridgehead atoms. The smallest absolute Gasteiger partial charge is 0.272 e. The SMILES string of the molecule is CN=C(/C(=C\N)c1ccc2c(=O)[nH]nc(CN)c2c1)c1ccccc1C#N. The Hall–Kier alpha value is -3.76. The topological polar surface area (TPSA) is 134 Å². The Morgan fingerprint density at radius 1 is 1.30 bits per heavy atom. The van der Waals surface area contributed by atoms with Crippen molar-refractivity contribution in [2.75, 3.05) is 7.05 Å². The van der Waals surface area contributed by atoms with E-state index in [0.717, 1.165) is 5.56 Å². The molecule has 1 aromatic heterocycles. The minimum atomic E-state index is -0.286. The molecule has 3 aromatic rings. The van der Waals surface area contributed by atoms with Crippen molar-refractivity contribution in [2.45, 2.75) is 6.54 Å². The van der Waals surface area contributed by atoms with Crippen LogP contribution in [0.1, 0.15) is 22.4 Å². The predicted octanol–water partition coefficient (Wildman–Crippen LogP) is 1.67. The van der Waals surface area contributed by atoms with Crippen LogP contribution in [-0.2, 0) is 6.54 Å². The van der Waals surface area contributed by atoms with E-state index in [2.05, 4.69) is 21.3 Å². The molecule has 7 nitrogen and oxygen atoms in total. The summed E-state index contributed by atoms with van der Waals surface area (Å²) in [5.74, 6) is 0. The molecule has 3 rings (SSSR count). The molecule has 0 spiro atoms. The van der Waals surface area contributed by atoms with Crippen LogP contribution in [0.2, 0.25) is 0 Å². The van der Waals surface area contributed by atoms with Gasteiger partial charge in [0.05, 0.1) is 28.4 Å². The number of nitrogens with zero attached hydrogens (tertiary/aromatic N) is 3. The zero-order valence-electron chi connectivity index (χ0n) is 14.7. The first-order valence-electron chi connectivity index (χ1n) is 8.24. The molecule has 2 aromatic carbocycles. The van der Waals surface area contributed by atoms with Crippen LogP contribution in [0.4, 0.5) is 0 Å². The van der Waals surface area contributed by atoms with Crippen molar-refractivity contribution in [3.63, 3.8) is 0 Å². The number of H-pyrrole nitrogens is 1. The quantitative estimate of drug-likeness (QED) is 0.610. The van der Waals surface area contributed by atoms with Gasteiger partial charge in [-0.05, 0) is 23.8 Å². The van der Waals surface area contributed by atoms with E-state index in [1.54, 1.807) is 31.3 Å². The van der Waals surface area contributed by atoms with Crippen LogP contribution in [0, 0.1) is 11.3 Å². The summed E-state index contributed by atoms with van der Waals surface area (Å²) in [5, 5.41) is 17.0. The number of aromatic nitrogens is 2. The number of allylic oxidation sites excluding steroid dienone is 1. The Bertz CT molecular complexity index is 1170. The molecule has 0 atom stereocenters. The Balaban J connectivity index is 2.21. The van der Waals surface area contributed by atoms with Gasteiger partial charge in [-0.25, -0.2) is 5.10 Å². The zero-order chi connectivity index (χ0) is 19.4. The monoisotopic (exact) mass is 358 g/mol. The van der Waals surface area contributed by atoms with E-state index in [1.807, 2.05) is 18.2 Å². The lowest BCUT2D eigenvalue weighted by Crippen LogP contribution is -2.14. The molecular weight excluding hydrogens is 340 g/mol. The van der Waals surface area contributed by atoms with Gasteiger partial charge >= 0.3 is 0 Å². The molecule has 5 N–H and O–H groups in total. The van der Waals surface area contributed by atoms with E-state index >= 15 is 0 Å². The minimum Gasteiger partial charge on any atom is -0.404 e. The second-order valence-electron chi connectivity index (χ2n) is 5.77. The largest absolute Gasteiger partial charge is 0.404 e. The molecule has 0 fully saturated rings. The summed E-state index contributed by atoms with van der Waals surface area (Å²) < 4.78 is 0. The van der Waals surface area contributed by atoms with Crippen molar-refractivity contribution in [3.8, 4) is 6.07 Å². The van der Waals surface area contributed by atoms with Crippen LogP contribution in [0.25, 0.3) is 16.3 Å². The number of hydrogen-bond donors (Lipinski definition) is 3. The first kappa shape index (κ1) is 18.0. The normalized spacial score (nSPS) is 12.2. The first-order chi connectivity index (χ1) is 13.1. The molecule has 0 saturated heterocycles. The molecule has 27 heavy (non-hydrogen) atoms. The van der Waals surface area contributed by atoms with Crippen molar-refractivity contribution in [1.29, 1.82) is 5.26 Å². The van der Waals surface area contributed by atoms with Crippen LogP contribution >= 0.6 is 0 Å². The molecule has 0 aliphatic carbocycles. The highest BCUT2D eigenvalue weighted by atomic mass is 16.1. The van der Waals surface area contributed by atoms with E-state index in [1.165, 1.54) is 6.20 Å². The van der Waals surface area contributed by atoms with Gasteiger partial charge in [0, 0.05) is 36.3 Å². The Kier molecular flexibility index (Phi) is 5.11. The summed E-state index contributed by atoms with van der Waals surface area (Å²) >= 11 is 0. The fourth-order valence-corrected chi connectivity index (χ4v) is 3.03. The molecule has 1 heterocycles. The number of nitrogens with one attached hydrogen (secondary N) is 1. The van der Waals surface area contributed by atoms with Gasteiger partial charge in [0.1, 0.15) is 0 Å². The Morgan fingerprint density at radius 2 is 2.07 bits per heavy atom. The molecule has 7 heteroatoms. The summed E-state index contributed by atoms with van der Waals surface area (Å²) in [7, 11) is 1.64. The predicted molar refractivity (Wildman–Crippen MR) is 106 cm³/mol. The maximum atomic E-state index is 12.0. The number of rotatable bonds is 4. The zero-order valence-corrected chi connectivity index (χ0v) is 14.7. The number of nitriles is 1. The summed E-state index contributed by atoms with van der Waals surface area (Å²) in [6.45, 7) is 0.185. The Labute approximate surface area is 155 Å². The van der Waals surface area contributed by atoms with Gasteiger partial charge in [-0.2, -0.15) is 10.4 Å². The molecule has 134 valence electrons. The van der Waals surface area contributed by atoms with Crippen LogP contribution in [0.15, 0.2) is 58.5 Å². The number of hydrogen-bond acceptors (Lipinski definition) is 6. The van der Waals surface area contributed by atoms with Gasteiger partial charge < -0.3 is 11.5 Å². The highest BCUT2D eigenvalue weighted by Crippen LogP contribution is 2.25.